The summed E-state index contributed by atoms with van der Waals surface area (Å²) >= 11 is 0. The molecule has 1 aromatic carbocycles. The summed E-state index contributed by atoms with van der Waals surface area (Å²) in [7, 11) is 0. The van der Waals surface area contributed by atoms with Crippen LogP contribution in [0.1, 0.15) is 61.1 Å². The first-order valence-corrected chi connectivity index (χ1v) is 10.8. The van der Waals surface area contributed by atoms with E-state index in [4.69, 9.17) is 4.52 Å². The molecule has 1 atom stereocenters. The van der Waals surface area contributed by atoms with E-state index in [1.54, 1.807) is 17.3 Å². The molecule has 4 heterocycles. The molecule has 0 aliphatic carbocycles. The molecule has 2 aliphatic heterocycles. The molecular formula is C22H25FN6O2. The molecule has 9 heteroatoms. The van der Waals surface area contributed by atoms with Crippen LogP contribution in [0.5, 0.6) is 0 Å². The third-order valence-corrected chi connectivity index (χ3v) is 5.97. The van der Waals surface area contributed by atoms with E-state index < -0.39 is 5.82 Å². The minimum absolute atomic E-state index is 0.140. The van der Waals surface area contributed by atoms with Gasteiger partial charge in [0, 0.05) is 6.54 Å². The van der Waals surface area contributed by atoms with Gasteiger partial charge in [-0.3, -0.25) is 14.3 Å². The second kappa shape index (κ2) is 7.88. The molecule has 8 nitrogen and oxygen atoms in total. The number of nitrogens with zero attached hydrogens (tertiary/aromatic N) is 6. The fraction of sp³-hybridized carbons (Fsp3) is 0.455. The maximum absolute atomic E-state index is 13.9. The van der Waals surface area contributed by atoms with Crippen molar-refractivity contribution in [3.8, 4) is 17.2 Å². The van der Waals surface area contributed by atoms with Crippen molar-refractivity contribution in [2.75, 3.05) is 19.6 Å². The van der Waals surface area contributed by atoms with Crippen molar-refractivity contribution in [2.24, 2.45) is 0 Å². The second-order valence-corrected chi connectivity index (χ2v) is 8.10. The quantitative estimate of drug-likeness (QED) is 0.577. The number of amides is 1. The number of benzene rings is 1. The average molecular weight is 424 g/mol. The van der Waals surface area contributed by atoms with Crippen LogP contribution in [-0.4, -0.2) is 55.0 Å². The maximum atomic E-state index is 13.9. The van der Waals surface area contributed by atoms with Crippen molar-refractivity contribution in [3.63, 3.8) is 0 Å². The van der Waals surface area contributed by atoms with Crippen LogP contribution in [0, 0.1) is 5.82 Å². The molecule has 1 amide bonds. The van der Waals surface area contributed by atoms with Crippen molar-refractivity contribution >= 4 is 5.91 Å². The van der Waals surface area contributed by atoms with Gasteiger partial charge in [0.05, 0.1) is 29.5 Å². The summed E-state index contributed by atoms with van der Waals surface area (Å²) in [5, 5.41) is 4.19. The number of aromatic nitrogens is 4. The average Bonchev–Trinajstić information content (AvgIpc) is 3.33. The van der Waals surface area contributed by atoms with Crippen LogP contribution in [0.25, 0.3) is 17.2 Å². The molecule has 0 spiro atoms. The van der Waals surface area contributed by atoms with Gasteiger partial charge in [0.15, 0.2) is 0 Å². The molecule has 0 saturated carbocycles. The normalized spacial score (nSPS) is 17.2. The fourth-order valence-corrected chi connectivity index (χ4v) is 4.51. The van der Waals surface area contributed by atoms with Gasteiger partial charge in [0.25, 0.3) is 5.91 Å². The van der Waals surface area contributed by atoms with Gasteiger partial charge < -0.3 is 9.42 Å². The van der Waals surface area contributed by atoms with Crippen molar-refractivity contribution in [1.82, 2.24) is 29.5 Å². The zero-order chi connectivity index (χ0) is 21.5. The lowest BCUT2D eigenvalue weighted by Crippen LogP contribution is -2.44. The summed E-state index contributed by atoms with van der Waals surface area (Å²) in [5.74, 6) is 0.376. The van der Waals surface area contributed by atoms with Crippen molar-refractivity contribution in [1.29, 1.82) is 0 Å². The Bertz CT molecular complexity index is 1120. The molecule has 162 valence electrons. The Labute approximate surface area is 179 Å². The lowest BCUT2D eigenvalue weighted by atomic mass is 9.97. The van der Waals surface area contributed by atoms with Crippen LogP contribution in [0.3, 0.4) is 0 Å². The Morgan fingerprint density at radius 3 is 2.77 bits per heavy atom. The molecule has 5 rings (SSSR count). The molecule has 3 aromatic rings. The van der Waals surface area contributed by atoms with E-state index >= 15 is 0 Å². The highest BCUT2D eigenvalue weighted by Crippen LogP contribution is 2.43. The minimum atomic E-state index is -0.431. The van der Waals surface area contributed by atoms with Crippen LogP contribution in [0.15, 0.2) is 29.0 Å². The summed E-state index contributed by atoms with van der Waals surface area (Å²) in [6, 6.07) is 4.14. The highest BCUT2D eigenvalue weighted by molar-refractivity contribution is 5.99. The van der Waals surface area contributed by atoms with Gasteiger partial charge in [-0.1, -0.05) is 19.0 Å². The number of halogens is 1. The first kappa shape index (κ1) is 19.9. The third kappa shape index (κ3) is 3.33. The van der Waals surface area contributed by atoms with E-state index in [0.717, 1.165) is 38.0 Å². The van der Waals surface area contributed by atoms with Gasteiger partial charge in [-0.15, -0.1) is 0 Å². The maximum Gasteiger partial charge on any atom is 0.256 e. The summed E-state index contributed by atoms with van der Waals surface area (Å²) in [6.07, 6.45) is 4.58. The predicted molar refractivity (Wildman–Crippen MR) is 111 cm³/mol. The molecule has 0 N–H and O–H groups in total. The van der Waals surface area contributed by atoms with Gasteiger partial charge in [-0.05, 0) is 50.6 Å². The van der Waals surface area contributed by atoms with E-state index in [1.807, 2.05) is 4.57 Å². The molecule has 2 aliphatic rings. The molecule has 1 saturated heterocycles. The Hall–Kier alpha value is -3.07. The van der Waals surface area contributed by atoms with Gasteiger partial charge >= 0.3 is 0 Å². The molecule has 31 heavy (non-hydrogen) atoms. The first-order chi connectivity index (χ1) is 15.1. The minimum Gasteiger partial charge on any atom is -0.337 e. The van der Waals surface area contributed by atoms with Crippen LogP contribution in [0.4, 0.5) is 4.39 Å². The van der Waals surface area contributed by atoms with Crippen LogP contribution in [0.2, 0.25) is 0 Å². The van der Waals surface area contributed by atoms with Gasteiger partial charge in [0.2, 0.25) is 11.7 Å². The lowest BCUT2D eigenvalue weighted by Gasteiger charge is -2.39. The SMILES string of the molecule is CCCN(CCC)Cc1nc(-c2ncn3c2[C@@H]2CCN2C(=O)c2cc(F)ccc2-3)no1. The molecule has 0 bridgehead atoms. The van der Waals surface area contributed by atoms with E-state index in [1.165, 1.54) is 12.1 Å². The van der Waals surface area contributed by atoms with Crippen LogP contribution in [-0.2, 0) is 6.54 Å². The van der Waals surface area contributed by atoms with E-state index in [2.05, 4.69) is 33.9 Å². The standard InChI is InChI=1S/C22H25FN6O2/c1-3-8-27(9-4-2)12-18-25-21(26-31-18)19-20-17-7-10-28(17)22(30)15-11-14(23)5-6-16(15)29(20)13-24-19/h5-6,11,13,17H,3-4,7-10,12H2,1-2H3/t17-/m0/s1. The molecule has 1 fully saturated rings. The Morgan fingerprint density at radius 1 is 1.26 bits per heavy atom. The molecule has 0 radical (unpaired) electrons. The number of hydrogen-bond donors (Lipinski definition) is 0. The summed E-state index contributed by atoms with van der Waals surface area (Å²) in [6.45, 7) is 7.47. The fourth-order valence-electron chi connectivity index (χ4n) is 4.51. The van der Waals surface area contributed by atoms with Crippen molar-refractivity contribution < 1.29 is 13.7 Å². The summed E-state index contributed by atoms with van der Waals surface area (Å²) in [4.78, 5) is 26.2. The number of rotatable bonds is 7. The topological polar surface area (TPSA) is 80.3 Å². The van der Waals surface area contributed by atoms with Crippen molar-refractivity contribution in [3.05, 3.63) is 47.5 Å². The highest BCUT2D eigenvalue weighted by atomic mass is 19.1. The first-order valence-electron chi connectivity index (χ1n) is 10.8. The Kier molecular flexibility index (Phi) is 5.05. The Morgan fingerprint density at radius 2 is 2.06 bits per heavy atom. The van der Waals surface area contributed by atoms with Gasteiger partial charge in [0.1, 0.15) is 17.8 Å². The number of imidazole rings is 1. The Balaban J connectivity index is 1.53. The van der Waals surface area contributed by atoms with Crippen LogP contribution >= 0.6 is 0 Å². The van der Waals surface area contributed by atoms with E-state index in [0.29, 0.717) is 41.7 Å². The second-order valence-electron chi connectivity index (χ2n) is 8.10. The van der Waals surface area contributed by atoms with Crippen molar-refractivity contribution in [2.45, 2.75) is 45.7 Å². The molecular weight excluding hydrogens is 399 g/mol. The number of hydrogen-bond acceptors (Lipinski definition) is 6. The monoisotopic (exact) mass is 424 g/mol. The molecule has 0 unspecified atom stereocenters. The van der Waals surface area contributed by atoms with Gasteiger partial charge in [-0.25, -0.2) is 9.37 Å². The molecule has 2 aromatic heterocycles. The van der Waals surface area contributed by atoms with Crippen LogP contribution < -0.4 is 0 Å². The largest absolute Gasteiger partial charge is 0.337 e. The summed E-state index contributed by atoms with van der Waals surface area (Å²) < 4.78 is 21.3. The smallest absolute Gasteiger partial charge is 0.256 e. The van der Waals surface area contributed by atoms with Gasteiger partial charge in [-0.2, -0.15) is 4.98 Å². The zero-order valence-corrected chi connectivity index (χ0v) is 17.7. The third-order valence-electron chi connectivity index (χ3n) is 5.97. The van der Waals surface area contributed by atoms with E-state index in [-0.39, 0.29) is 11.9 Å². The lowest BCUT2D eigenvalue weighted by molar-refractivity contribution is 0.0461. The highest BCUT2D eigenvalue weighted by Gasteiger charge is 2.42. The number of fused-ring (bicyclic) bond motifs is 5. The zero-order valence-electron chi connectivity index (χ0n) is 17.7. The predicted octanol–water partition coefficient (Wildman–Crippen LogP) is 3.58. The van der Waals surface area contributed by atoms with E-state index in [9.17, 15) is 9.18 Å². The summed E-state index contributed by atoms with van der Waals surface area (Å²) in [5.41, 5.74) is 2.41. The number of carbonyl (C=O) groups is 1. The number of carbonyl (C=O) groups excluding carboxylic acids is 1.